The molecule has 6 rings (SSSR count). The molecular formula is C26H24ClF2N5O5. The molecule has 5 heterocycles. The topological polar surface area (TPSA) is 114 Å². The smallest absolute Gasteiger partial charge is 0.326 e. The lowest BCUT2D eigenvalue weighted by Gasteiger charge is -2.36. The van der Waals surface area contributed by atoms with E-state index in [1.165, 1.54) is 11.1 Å². The highest BCUT2D eigenvalue weighted by atomic mass is 35.5. The van der Waals surface area contributed by atoms with E-state index in [1.54, 1.807) is 30.3 Å². The van der Waals surface area contributed by atoms with E-state index in [9.17, 15) is 18.7 Å². The average Bonchev–Trinajstić information content (AvgIpc) is 3.51. The summed E-state index contributed by atoms with van der Waals surface area (Å²) in [7, 11) is 0. The molecule has 0 saturated carbocycles. The van der Waals surface area contributed by atoms with E-state index in [0.29, 0.717) is 47.3 Å². The molecular weight excluding hydrogens is 536 g/mol. The standard InChI is InChI=1S/C26H24ClF2N5O5/c1-13-12-37-7-6-33(13)17-8-14(27)10-30-25(17)38-15-9-18(26(35)36)34(11-15)24-21-20(31-23(32-24)22(28)29)16-4-2-3-5-19(16)39-21/h2-5,8,10,13,15,18,22H,6-7,9,11-12H2,1H3,(H,35,36)/t13-,15-,18-/m0/s1. The summed E-state index contributed by atoms with van der Waals surface area (Å²) in [6.45, 7) is 3.72. The lowest BCUT2D eigenvalue weighted by atomic mass is 10.2. The van der Waals surface area contributed by atoms with Crippen LogP contribution in [0, 0.1) is 0 Å². The van der Waals surface area contributed by atoms with Gasteiger partial charge in [-0.25, -0.2) is 28.5 Å². The third-order valence-electron chi connectivity index (χ3n) is 6.99. The number of ether oxygens (including phenoxy) is 2. The van der Waals surface area contributed by atoms with Gasteiger partial charge in [-0.05, 0) is 25.1 Å². The van der Waals surface area contributed by atoms with Crippen LogP contribution in [0.25, 0.3) is 22.1 Å². The van der Waals surface area contributed by atoms with E-state index in [0.717, 1.165) is 0 Å². The van der Waals surface area contributed by atoms with Crippen molar-refractivity contribution in [3.8, 4) is 5.88 Å². The number of fused-ring (bicyclic) bond motifs is 3. The van der Waals surface area contributed by atoms with Gasteiger partial charge >= 0.3 is 5.97 Å². The number of hydrogen-bond acceptors (Lipinski definition) is 9. The molecule has 2 aliphatic rings. The molecule has 0 radical (unpaired) electrons. The number of para-hydroxylation sites is 1. The Bertz CT molecular complexity index is 1550. The number of benzene rings is 1. The fourth-order valence-electron chi connectivity index (χ4n) is 5.19. The first-order valence-electron chi connectivity index (χ1n) is 12.4. The molecule has 0 unspecified atom stereocenters. The first-order chi connectivity index (χ1) is 18.8. The van der Waals surface area contributed by atoms with Crippen LogP contribution in [0.15, 0.2) is 40.9 Å². The Morgan fingerprint density at radius 2 is 2.08 bits per heavy atom. The van der Waals surface area contributed by atoms with Gasteiger partial charge in [0.2, 0.25) is 5.88 Å². The number of halogens is 3. The number of morpholine rings is 1. The third-order valence-corrected chi connectivity index (χ3v) is 7.20. The van der Waals surface area contributed by atoms with Crippen LogP contribution in [0.5, 0.6) is 5.88 Å². The summed E-state index contributed by atoms with van der Waals surface area (Å²) in [6, 6.07) is 7.58. The molecule has 39 heavy (non-hydrogen) atoms. The maximum Gasteiger partial charge on any atom is 0.326 e. The maximum absolute atomic E-state index is 13.8. The summed E-state index contributed by atoms with van der Waals surface area (Å²) in [5.74, 6) is -1.57. The summed E-state index contributed by atoms with van der Waals surface area (Å²) in [5.41, 5.74) is 1.44. The summed E-state index contributed by atoms with van der Waals surface area (Å²) < 4.78 is 45.4. The van der Waals surface area contributed by atoms with Gasteiger partial charge < -0.3 is 28.8 Å². The summed E-state index contributed by atoms with van der Waals surface area (Å²) in [4.78, 5) is 28.3. The second kappa shape index (κ2) is 10.1. The molecule has 3 atom stereocenters. The van der Waals surface area contributed by atoms with Crippen molar-refractivity contribution in [2.45, 2.75) is 38.0 Å². The number of aliphatic carboxylic acids is 1. The number of rotatable bonds is 6. The van der Waals surface area contributed by atoms with Gasteiger partial charge in [-0.1, -0.05) is 23.7 Å². The highest BCUT2D eigenvalue weighted by molar-refractivity contribution is 6.30. The fourth-order valence-corrected chi connectivity index (χ4v) is 5.34. The molecule has 2 saturated heterocycles. The molecule has 2 fully saturated rings. The number of alkyl halides is 2. The Balaban J connectivity index is 1.38. The predicted molar refractivity (Wildman–Crippen MR) is 139 cm³/mol. The molecule has 0 amide bonds. The SMILES string of the molecule is C[C@H]1COCCN1c1cc(Cl)cnc1O[C@H]1C[C@@H](C(=O)O)N(c2nc(C(F)F)nc3c2oc2ccccc23)C1. The van der Waals surface area contributed by atoms with E-state index >= 15 is 0 Å². The van der Waals surface area contributed by atoms with Crippen molar-refractivity contribution in [2.24, 2.45) is 0 Å². The van der Waals surface area contributed by atoms with Crippen LogP contribution in [0.2, 0.25) is 5.02 Å². The minimum atomic E-state index is -2.96. The second-order valence-electron chi connectivity index (χ2n) is 9.56. The van der Waals surface area contributed by atoms with Crippen molar-refractivity contribution in [1.29, 1.82) is 0 Å². The quantitative estimate of drug-likeness (QED) is 0.356. The molecule has 4 aromatic rings. The van der Waals surface area contributed by atoms with Gasteiger partial charge in [-0.15, -0.1) is 0 Å². The van der Waals surface area contributed by atoms with Crippen molar-refractivity contribution >= 4 is 51.1 Å². The number of carboxylic acid groups (broad SMARTS) is 1. The molecule has 10 nitrogen and oxygen atoms in total. The number of anilines is 2. The van der Waals surface area contributed by atoms with Gasteiger partial charge in [0.15, 0.2) is 17.2 Å². The number of furan rings is 1. The Labute approximate surface area is 226 Å². The molecule has 2 aliphatic heterocycles. The first-order valence-corrected chi connectivity index (χ1v) is 12.8. The lowest BCUT2D eigenvalue weighted by molar-refractivity contribution is -0.138. The van der Waals surface area contributed by atoms with E-state index < -0.39 is 30.4 Å². The largest absolute Gasteiger partial charge is 0.480 e. The molecule has 13 heteroatoms. The van der Waals surface area contributed by atoms with Gasteiger partial charge in [0.1, 0.15) is 28.9 Å². The number of pyridine rings is 1. The normalized spacial score (nSPS) is 21.8. The number of carbonyl (C=O) groups is 1. The summed E-state index contributed by atoms with van der Waals surface area (Å²) >= 11 is 6.25. The molecule has 0 spiro atoms. The highest BCUT2D eigenvalue weighted by Gasteiger charge is 2.41. The van der Waals surface area contributed by atoms with Gasteiger partial charge in [-0.2, -0.15) is 0 Å². The van der Waals surface area contributed by atoms with E-state index in [-0.39, 0.29) is 35.9 Å². The van der Waals surface area contributed by atoms with Crippen molar-refractivity contribution in [3.05, 3.63) is 47.4 Å². The van der Waals surface area contributed by atoms with Crippen LogP contribution in [0.1, 0.15) is 25.6 Å². The zero-order chi connectivity index (χ0) is 27.3. The zero-order valence-electron chi connectivity index (χ0n) is 20.8. The van der Waals surface area contributed by atoms with Crippen LogP contribution in [-0.4, -0.2) is 70.5 Å². The minimum Gasteiger partial charge on any atom is -0.480 e. The monoisotopic (exact) mass is 559 g/mol. The average molecular weight is 560 g/mol. The highest BCUT2D eigenvalue weighted by Crippen LogP contribution is 2.39. The van der Waals surface area contributed by atoms with Gasteiger partial charge in [0, 0.05) is 30.6 Å². The number of aromatic nitrogens is 3. The molecule has 1 aromatic carbocycles. The van der Waals surface area contributed by atoms with Crippen LogP contribution < -0.4 is 14.5 Å². The maximum atomic E-state index is 13.8. The minimum absolute atomic E-state index is 0.0175. The van der Waals surface area contributed by atoms with E-state index in [2.05, 4.69) is 19.9 Å². The van der Waals surface area contributed by atoms with Crippen molar-refractivity contribution in [2.75, 3.05) is 36.1 Å². The van der Waals surface area contributed by atoms with Crippen molar-refractivity contribution < 1.29 is 32.6 Å². The molecule has 1 N–H and O–H groups in total. The van der Waals surface area contributed by atoms with Gasteiger partial charge in [0.25, 0.3) is 6.43 Å². The van der Waals surface area contributed by atoms with Crippen molar-refractivity contribution in [1.82, 2.24) is 15.0 Å². The zero-order valence-corrected chi connectivity index (χ0v) is 21.5. The second-order valence-corrected chi connectivity index (χ2v) is 10.00. The molecule has 0 aliphatic carbocycles. The number of hydrogen-bond donors (Lipinski definition) is 1. The molecule has 204 valence electrons. The Hall–Kier alpha value is -3.77. The molecule has 3 aromatic heterocycles. The third kappa shape index (κ3) is 4.67. The van der Waals surface area contributed by atoms with Gasteiger partial charge in [0.05, 0.1) is 24.8 Å². The van der Waals surface area contributed by atoms with Crippen LogP contribution in [-0.2, 0) is 9.53 Å². The Morgan fingerprint density at radius 3 is 2.85 bits per heavy atom. The van der Waals surface area contributed by atoms with Crippen LogP contribution in [0.3, 0.4) is 0 Å². The van der Waals surface area contributed by atoms with Gasteiger partial charge in [-0.3, -0.25) is 0 Å². The lowest BCUT2D eigenvalue weighted by Crippen LogP contribution is -2.44. The van der Waals surface area contributed by atoms with Crippen molar-refractivity contribution in [3.63, 3.8) is 0 Å². The predicted octanol–water partition coefficient (Wildman–Crippen LogP) is 4.70. The summed E-state index contributed by atoms with van der Waals surface area (Å²) in [5, 5.41) is 11.0. The summed E-state index contributed by atoms with van der Waals surface area (Å²) in [6.07, 6.45) is -2.08. The van der Waals surface area contributed by atoms with Crippen LogP contribution >= 0.6 is 11.6 Å². The Kier molecular flexibility index (Phi) is 6.59. The number of carboxylic acids is 1. The van der Waals surface area contributed by atoms with Crippen LogP contribution in [0.4, 0.5) is 20.3 Å². The number of nitrogens with zero attached hydrogens (tertiary/aromatic N) is 5. The van der Waals surface area contributed by atoms with E-state index in [4.69, 9.17) is 25.5 Å². The fraction of sp³-hybridized carbons (Fsp3) is 0.385. The first kappa shape index (κ1) is 25.5. The Morgan fingerprint density at radius 1 is 1.26 bits per heavy atom. The molecule has 0 bridgehead atoms. The van der Waals surface area contributed by atoms with E-state index in [1.807, 2.05) is 6.92 Å².